The first kappa shape index (κ1) is 14.2. The molecule has 1 unspecified atom stereocenters. The molecule has 0 aromatic heterocycles. The minimum absolute atomic E-state index is 0.0391. The molecule has 5 heteroatoms. The molecular weight excluding hydrogens is 232 g/mol. The van der Waals surface area contributed by atoms with Gasteiger partial charge in [0, 0.05) is 12.5 Å². The summed E-state index contributed by atoms with van der Waals surface area (Å²) in [5, 5.41) is 11.5. The highest BCUT2D eigenvalue weighted by molar-refractivity contribution is 5.87. The van der Waals surface area contributed by atoms with Gasteiger partial charge in [-0.25, -0.2) is 4.79 Å². The molecule has 1 aromatic carbocycles. The highest BCUT2D eigenvalue weighted by atomic mass is 16.4. The van der Waals surface area contributed by atoms with Crippen LogP contribution in [0.15, 0.2) is 24.3 Å². The molecule has 5 nitrogen and oxygen atoms in total. The van der Waals surface area contributed by atoms with Gasteiger partial charge in [0.05, 0.1) is 5.56 Å². The molecule has 1 rings (SSSR count). The first-order chi connectivity index (χ1) is 8.54. The molecular formula is C13H18N2O3. The third-order valence-corrected chi connectivity index (χ3v) is 2.71. The predicted octanol–water partition coefficient (Wildman–Crippen LogP) is 0.986. The Morgan fingerprint density at radius 2 is 1.94 bits per heavy atom. The summed E-state index contributed by atoms with van der Waals surface area (Å²) in [7, 11) is 0. The van der Waals surface area contributed by atoms with Crippen molar-refractivity contribution in [2.45, 2.75) is 19.9 Å². The summed E-state index contributed by atoms with van der Waals surface area (Å²) < 4.78 is 0. The van der Waals surface area contributed by atoms with Crippen LogP contribution in [0, 0.1) is 5.92 Å². The second kappa shape index (κ2) is 6.76. The van der Waals surface area contributed by atoms with E-state index < -0.39 is 5.97 Å². The Balaban J connectivity index is 2.48. The van der Waals surface area contributed by atoms with Crippen LogP contribution in [0.2, 0.25) is 0 Å². The van der Waals surface area contributed by atoms with Crippen molar-refractivity contribution in [2.24, 2.45) is 11.7 Å². The number of benzene rings is 1. The first-order valence-corrected chi connectivity index (χ1v) is 5.84. The number of rotatable bonds is 6. The van der Waals surface area contributed by atoms with Gasteiger partial charge in [0.2, 0.25) is 5.91 Å². The Morgan fingerprint density at radius 1 is 1.33 bits per heavy atom. The van der Waals surface area contributed by atoms with Crippen molar-refractivity contribution in [3.8, 4) is 0 Å². The van der Waals surface area contributed by atoms with Gasteiger partial charge in [0.15, 0.2) is 0 Å². The number of nitrogens with one attached hydrogen (secondary N) is 1. The van der Waals surface area contributed by atoms with Gasteiger partial charge in [0.25, 0.3) is 0 Å². The Morgan fingerprint density at radius 3 is 2.44 bits per heavy atom. The lowest BCUT2D eigenvalue weighted by molar-refractivity contribution is -0.124. The zero-order chi connectivity index (χ0) is 13.5. The van der Waals surface area contributed by atoms with Crippen LogP contribution in [0.3, 0.4) is 0 Å². The molecule has 0 saturated carbocycles. The molecule has 0 saturated heterocycles. The molecule has 0 heterocycles. The predicted molar refractivity (Wildman–Crippen MR) is 68.1 cm³/mol. The van der Waals surface area contributed by atoms with Crippen LogP contribution in [-0.4, -0.2) is 23.5 Å². The van der Waals surface area contributed by atoms with Crippen LogP contribution < -0.4 is 11.1 Å². The third kappa shape index (κ3) is 4.18. The molecule has 0 radical (unpaired) electrons. The second-order valence-corrected chi connectivity index (χ2v) is 4.20. The lowest BCUT2D eigenvalue weighted by atomic mass is 10.1. The van der Waals surface area contributed by atoms with Gasteiger partial charge >= 0.3 is 5.97 Å². The lowest BCUT2D eigenvalue weighted by Gasteiger charge is -2.11. The lowest BCUT2D eigenvalue weighted by Crippen LogP contribution is -2.29. The van der Waals surface area contributed by atoms with Crippen LogP contribution >= 0.6 is 0 Å². The maximum absolute atomic E-state index is 11.6. The van der Waals surface area contributed by atoms with Crippen LogP contribution in [0.25, 0.3) is 0 Å². The highest BCUT2D eigenvalue weighted by Gasteiger charge is 2.11. The summed E-state index contributed by atoms with van der Waals surface area (Å²) in [6, 6.07) is 6.43. The summed E-state index contributed by atoms with van der Waals surface area (Å²) >= 11 is 0. The fraction of sp³-hybridized carbons (Fsp3) is 0.385. The fourth-order valence-corrected chi connectivity index (χ4v) is 1.51. The largest absolute Gasteiger partial charge is 0.478 e. The summed E-state index contributed by atoms with van der Waals surface area (Å²) in [5.41, 5.74) is 6.49. The average molecular weight is 250 g/mol. The standard InChI is InChI=1S/C13H18N2O3/c1-9(6-7-14)12(16)15-8-10-2-4-11(5-3-10)13(17)18/h2-5,9H,6-8,14H2,1H3,(H,15,16)(H,17,18). The van der Waals surface area contributed by atoms with Crippen molar-refractivity contribution in [3.63, 3.8) is 0 Å². The molecule has 18 heavy (non-hydrogen) atoms. The van der Waals surface area contributed by atoms with E-state index in [2.05, 4.69) is 5.32 Å². The number of hydrogen-bond donors (Lipinski definition) is 3. The monoisotopic (exact) mass is 250 g/mol. The normalized spacial score (nSPS) is 11.9. The van der Waals surface area contributed by atoms with Crippen LogP contribution in [0.4, 0.5) is 0 Å². The number of amides is 1. The maximum atomic E-state index is 11.6. The third-order valence-electron chi connectivity index (χ3n) is 2.71. The smallest absolute Gasteiger partial charge is 0.335 e. The van der Waals surface area contributed by atoms with Crippen molar-refractivity contribution in [2.75, 3.05) is 6.54 Å². The van der Waals surface area contributed by atoms with Crippen LogP contribution in [0.1, 0.15) is 29.3 Å². The topological polar surface area (TPSA) is 92.4 Å². The number of carbonyl (C=O) groups is 2. The van der Waals surface area contributed by atoms with E-state index in [1.807, 2.05) is 6.92 Å². The molecule has 0 spiro atoms. The zero-order valence-electron chi connectivity index (χ0n) is 10.3. The molecule has 98 valence electrons. The Kier molecular flexibility index (Phi) is 5.32. The number of nitrogens with two attached hydrogens (primary N) is 1. The van der Waals surface area contributed by atoms with E-state index in [0.717, 1.165) is 5.56 Å². The van der Waals surface area contributed by atoms with Crippen LogP contribution in [-0.2, 0) is 11.3 Å². The van der Waals surface area contributed by atoms with Gasteiger partial charge < -0.3 is 16.2 Å². The molecule has 0 fully saturated rings. The number of carbonyl (C=O) groups excluding carboxylic acids is 1. The van der Waals surface area contributed by atoms with Crippen molar-refractivity contribution < 1.29 is 14.7 Å². The molecule has 1 amide bonds. The van der Waals surface area contributed by atoms with E-state index in [0.29, 0.717) is 19.5 Å². The van der Waals surface area contributed by atoms with Crippen molar-refractivity contribution >= 4 is 11.9 Å². The van der Waals surface area contributed by atoms with Crippen LogP contribution in [0.5, 0.6) is 0 Å². The minimum Gasteiger partial charge on any atom is -0.478 e. The minimum atomic E-state index is -0.956. The Hall–Kier alpha value is -1.88. The quantitative estimate of drug-likeness (QED) is 0.702. The van der Waals surface area contributed by atoms with Crippen molar-refractivity contribution in [1.29, 1.82) is 0 Å². The molecule has 4 N–H and O–H groups in total. The zero-order valence-corrected chi connectivity index (χ0v) is 10.3. The van der Waals surface area contributed by atoms with Gasteiger partial charge in [-0.3, -0.25) is 4.79 Å². The van der Waals surface area contributed by atoms with E-state index in [4.69, 9.17) is 10.8 Å². The van der Waals surface area contributed by atoms with E-state index in [9.17, 15) is 9.59 Å². The fourth-order valence-electron chi connectivity index (χ4n) is 1.51. The van der Waals surface area contributed by atoms with Crippen molar-refractivity contribution in [3.05, 3.63) is 35.4 Å². The molecule has 0 aliphatic rings. The SMILES string of the molecule is CC(CCN)C(=O)NCc1ccc(C(=O)O)cc1. The first-order valence-electron chi connectivity index (χ1n) is 5.84. The van der Waals surface area contributed by atoms with E-state index in [1.165, 1.54) is 12.1 Å². The molecule has 0 bridgehead atoms. The van der Waals surface area contributed by atoms with E-state index >= 15 is 0 Å². The summed E-state index contributed by atoms with van der Waals surface area (Å²) in [5.74, 6) is -1.10. The van der Waals surface area contributed by atoms with Gasteiger partial charge in [-0.05, 0) is 30.7 Å². The van der Waals surface area contributed by atoms with Gasteiger partial charge in [0.1, 0.15) is 0 Å². The summed E-state index contributed by atoms with van der Waals surface area (Å²) in [6.45, 7) is 2.71. The Labute approximate surface area is 106 Å². The average Bonchev–Trinajstić information content (AvgIpc) is 2.36. The Bertz CT molecular complexity index is 415. The molecule has 1 aromatic rings. The summed E-state index contributed by atoms with van der Waals surface area (Å²) in [6.07, 6.45) is 0.657. The van der Waals surface area contributed by atoms with Crippen molar-refractivity contribution in [1.82, 2.24) is 5.32 Å². The number of carboxylic acid groups (broad SMARTS) is 1. The maximum Gasteiger partial charge on any atom is 0.335 e. The van der Waals surface area contributed by atoms with E-state index in [-0.39, 0.29) is 17.4 Å². The number of carboxylic acids is 1. The van der Waals surface area contributed by atoms with E-state index in [1.54, 1.807) is 12.1 Å². The summed E-state index contributed by atoms with van der Waals surface area (Å²) in [4.78, 5) is 22.3. The van der Waals surface area contributed by atoms with Gasteiger partial charge in [-0.2, -0.15) is 0 Å². The van der Waals surface area contributed by atoms with Gasteiger partial charge in [-0.1, -0.05) is 19.1 Å². The number of hydrogen-bond acceptors (Lipinski definition) is 3. The second-order valence-electron chi connectivity index (χ2n) is 4.20. The molecule has 0 aliphatic heterocycles. The molecule has 0 aliphatic carbocycles. The highest BCUT2D eigenvalue weighted by Crippen LogP contribution is 2.05. The molecule has 1 atom stereocenters. The van der Waals surface area contributed by atoms with Gasteiger partial charge in [-0.15, -0.1) is 0 Å². The number of aromatic carboxylic acids is 1.